The van der Waals surface area contributed by atoms with Gasteiger partial charge in [-0.05, 0) is 12.1 Å². The predicted molar refractivity (Wildman–Crippen MR) is 91.0 cm³/mol. The molecule has 0 amide bonds. The second-order valence-corrected chi connectivity index (χ2v) is 5.78. The highest BCUT2D eigenvalue weighted by atomic mass is 16.1. The third-order valence-corrected chi connectivity index (χ3v) is 4.16. The number of hydrogen-bond acceptors (Lipinski definition) is 10. The van der Waals surface area contributed by atoms with E-state index in [1.165, 1.54) is 0 Å². The quantitative estimate of drug-likeness (QED) is 0.386. The highest BCUT2D eigenvalue weighted by Gasteiger charge is 2.36. The Hall–Kier alpha value is -4.70. The van der Waals surface area contributed by atoms with Crippen LogP contribution in [0.3, 0.4) is 0 Å². The third-order valence-electron chi connectivity index (χ3n) is 4.16. The van der Waals surface area contributed by atoms with Crippen molar-refractivity contribution in [3.05, 3.63) is 58.4 Å². The van der Waals surface area contributed by atoms with Gasteiger partial charge >= 0.3 is 0 Å². The average molecular weight is 364 g/mol. The summed E-state index contributed by atoms with van der Waals surface area (Å²) in [6.45, 7) is 0. The van der Waals surface area contributed by atoms with E-state index < -0.39 is 11.6 Å². The van der Waals surface area contributed by atoms with Crippen LogP contribution in [0, 0.1) is 22.7 Å². The molecule has 4 aromatic rings. The summed E-state index contributed by atoms with van der Waals surface area (Å²) in [6, 6.07) is 10.3. The molecule has 0 fully saturated rings. The molecule has 10 nitrogen and oxygen atoms in total. The molecule has 0 N–H and O–H groups in total. The fourth-order valence-corrected chi connectivity index (χ4v) is 2.90. The van der Waals surface area contributed by atoms with Gasteiger partial charge in [0.1, 0.15) is 34.9 Å². The Morgan fingerprint density at radius 2 is 1.00 bits per heavy atom. The molecular weight excluding hydrogens is 360 g/mol. The van der Waals surface area contributed by atoms with Crippen LogP contribution in [0.1, 0.15) is 43.8 Å². The number of rotatable bonds is 0. The van der Waals surface area contributed by atoms with Crippen LogP contribution < -0.4 is 0 Å². The Kier molecular flexibility index (Phi) is 3.00. The zero-order valence-corrected chi connectivity index (χ0v) is 13.7. The lowest BCUT2D eigenvalue weighted by molar-refractivity contribution is 0.0965. The minimum atomic E-state index is -0.623. The molecule has 3 heterocycles. The molecule has 0 saturated carbocycles. The van der Waals surface area contributed by atoms with Gasteiger partial charge in [0.25, 0.3) is 0 Å². The lowest BCUT2D eigenvalue weighted by atomic mass is 9.97. The van der Waals surface area contributed by atoms with Crippen LogP contribution in [0.5, 0.6) is 0 Å². The fraction of sp³-hybridized carbons (Fsp3) is 0. The van der Waals surface area contributed by atoms with Gasteiger partial charge in [-0.15, -0.1) is 0 Å². The van der Waals surface area contributed by atoms with Gasteiger partial charge in [0.15, 0.2) is 22.7 Å². The van der Waals surface area contributed by atoms with Crippen molar-refractivity contribution < 1.29 is 9.59 Å². The van der Waals surface area contributed by atoms with Gasteiger partial charge in [-0.2, -0.15) is 10.5 Å². The summed E-state index contributed by atoms with van der Waals surface area (Å²) in [5, 5.41) is 18.2. The number of nitriles is 2. The number of nitrogens with zero attached hydrogens (tertiary/aromatic N) is 8. The van der Waals surface area contributed by atoms with Crippen LogP contribution in [0.4, 0.5) is 0 Å². The fourth-order valence-electron chi connectivity index (χ4n) is 2.90. The Morgan fingerprint density at radius 1 is 0.607 bits per heavy atom. The number of benzene rings is 1. The lowest BCUT2D eigenvalue weighted by Gasteiger charge is -2.15. The van der Waals surface area contributed by atoms with E-state index in [2.05, 4.69) is 29.9 Å². The van der Waals surface area contributed by atoms with E-state index in [9.17, 15) is 9.59 Å². The van der Waals surface area contributed by atoms with Crippen LogP contribution in [-0.4, -0.2) is 41.5 Å². The van der Waals surface area contributed by atoms with E-state index in [0.29, 0.717) is 11.0 Å². The van der Waals surface area contributed by atoms with Crippen molar-refractivity contribution in [2.45, 2.75) is 0 Å². The first-order valence-electron chi connectivity index (χ1n) is 7.87. The molecule has 1 aliphatic carbocycles. The minimum Gasteiger partial charge on any atom is -0.285 e. The average Bonchev–Trinajstić information content (AvgIpc) is 2.74. The van der Waals surface area contributed by atoms with Crippen molar-refractivity contribution in [2.75, 3.05) is 0 Å². The summed E-state index contributed by atoms with van der Waals surface area (Å²) in [6.07, 6.45) is 0. The van der Waals surface area contributed by atoms with Gasteiger partial charge in [-0.3, -0.25) is 9.59 Å². The highest BCUT2D eigenvalue weighted by molar-refractivity contribution is 6.26. The van der Waals surface area contributed by atoms with Gasteiger partial charge in [-0.1, -0.05) is 12.1 Å². The number of carbonyl (C=O) groups is 2. The molecule has 128 valence electrons. The molecule has 28 heavy (non-hydrogen) atoms. The number of carbonyl (C=O) groups excluding carboxylic acids is 2. The maximum absolute atomic E-state index is 12.9. The molecule has 0 bridgehead atoms. The third kappa shape index (κ3) is 2.00. The molecule has 0 aliphatic heterocycles. The first-order chi connectivity index (χ1) is 13.6. The molecule has 1 aliphatic rings. The van der Waals surface area contributed by atoms with Crippen LogP contribution in [0.25, 0.3) is 22.3 Å². The van der Waals surface area contributed by atoms with Crippen molar-refractivity contribution >= 4 is 33.9 Å². The zero-order valence-electron chi connectivity index (χ0n) is 13.7. The van der Waals surface area contributed by atoms with Gasteiger partial charge < -0.3 is 0 Å². The first-order valence-corrected chi connectivity index (χ1v) is 7.87. The normalized spacial score (nSPS) is 12.4. The Labute approximate surface area is 155 Å². The molecule has 3 aromatic heterocycles. The maximum Gasteiger partial charge on any atom is 0.234 e. The smallest absolute Gasteiger partial charge is 0.234 e. The van der Waals surface area contributed by atoms with E-state index in [1.54, 1.807) is 36.4 Å². The molecule has 0 atom stereocenters. The predicted octanol–water partition coefficient (Wildman–Crippen LogP) is 0.882. The van der Waals surface area contributed by atoms with E-state index >= 15 is 0 Å². The van der Waals surface area contributed by atoms with Gasteiger partial charge in [-0.25, -0.2) is 29.9 Å². The minimum absolute atomic E-state index is 0.118. The van der Waals surface area contributed by atoms with Crippen LogP contribution in [0.2, 0.25) is 0 Å². The summed E-state index contributed by atoms with van der Waals surface area (Å²) in [4.78, 5) is 50.3. The summed E-state index contributed by atoms with van der Waals surface area (Å²) >= 11 is 0. The van der Waals surface area contributed by atoms with Crippen LogP contribution >= 0.6 is 0 Å². The molecule has 5 rings (SSSR count). The van der Waals surface area contributed by atoms with Crippen molar-refractivity contribution in [1.29, 1.82) is 10.5 Å². The van der Waals surface area contributed by atoms with E-state index in [0.717, 1.165) is 0 Å². The first kappa shape index (κ1) is 15.5. The molecule has 0 radical (unpaired) electrons. The van der Waals surface area contributed by atoms with E-state index in [1.807, 2.05) is 0 Å². The van der Waals surface area contributed by atoms with E-state index in [4.69, 9.17) is 10.5 Å². The Balaban J connectivity index is 1.81. The van der Waals surface area contributed by atoms with E-state index in [-0.39, 0.29) is 45.5 Å². The molecule has 10 heteroatoms. The number of hydrogen-bond donors (Lipinski definition) is 0. The van der Waals surface area contributed by atoms with Crippen molar-refractivity contribution in [1.82, 2.24) is 29.9 Å². The topological polar surface area (TPSA) is 159 Å². The second-order valence-electron chi connectivity index (χ2n) is 5.78. The summed E-state index contributed by atoms with van der Waals surface area (Å²) < 4.78 is 0. The zero-order chi connectivity index (χ0) is 19.4. The number of ketones is 2. The maximum atomic E-state index is 12.9. The number of para-hydroxylation sites is 2. The SMILES string of the molecule is N#Cc1nc2nc3c(nc2nc1C#N)C(=O)c1nc2ccccc2nc1C3=O. The van der Waals surface area contributed by atoms with Crippen LogP contribution in [0.15, 0.2) is 24.3 Å². The van der Waals surface area contributed by atoms with Crippen molar-refractivity contribution in [2.24, 2.45) is 0 Å². The Morgan fingerprint density at radius 3 is 1.39 bits per heavy atom. The largest absolute Gasteiger partial charge is 0.285 e. The summed E-state index contributed by atoms with van der Waals surface area (Å²) in [5.74, 6) is -1.25. The van der Waals surface area contributed by atoms with Gasteiger partial charge in [0, 0.05) is 0 Å². The standard InChI is InChI=1S/C18H4N8O2/c19-5-9-10(6-20)24-18-17(23-9)25-13-14(26-18)16(28)12-11(15(13)27)21-7-3-1-2-4-8(7)22-12/h1-4H. The number of aromatic nitrogens is 6. The summed E-state index contributed by atoms with van der Waals surface area (Å²) in [5.41, 5.74) is -0.515. The summed E-state index contributed by atoms with van der Waals surface area (Å²) in [7, 11) is 0. The second kappa shape index (κ2) is 5.40. The van der Waals surface area contributed by atoms with Gasteiger partial charge in [0.2, 0.25) is 11.6 Å². The Bertz CT molecular complexity index is 1370. The van der Waals surface area contributed by atoms with Gasteiger partial charge in [0.05, 0.1) is 11.0 Å². The van der Waals surface area contributed by atoms with Crippen molar-refractivity contribution in [3.8, 4) is 12.1 Å². The molecule has 0 saturated heterocycles. The molecule has 0 unspecified atom stereocenters. The van der Waals surface area contributed by atoms with Crippen LogP contribution in [-0.2, 0) is 0 Å². The molecule has 0 spiro atoms. The van der Waals surface area contributed by atoms with Crippen molar-refractivity contribution in [3.63, 3.8) is 0 Å². The molecular formula is C18H4N8O2. The number of fused-ring (bicyclic) bond motifs is 4. The lowest BCUT2D eigenvalue weighted by Crippen LogP contribution is -2.27. The highest BCUT2D eigenvalue weighted by Crippen LogP contribution is 2.25. The molecule has 1 aromatic carbocycles. The monoisotopic (exact) mass is 364 g/mol.